The van der Waals surface area contributed by atoms with Gasteiger partial charge in [0, 0.05) is 0 Å². The summed E-state index contributed by atoms with van der Waals surface area (Å²) in [5, 5.41) is 34.4. The van der Waals surface area contributed by atoms with Crippen LogP contribution in [-0.2, 0) is 17.7 Å². The van der Waals surface area contributed by atoms with Gasteiger partial charge in [-0.1, -0.05) is 26.0 Å². The number of oxime groups is 1. The quantitative estimate of drug-likeness (QED) is 0.183. The standard InChI is InChI=1S/C23H21NO7/c1-3-12-5-7-17-14(9-12)20(25)19(23(27)29-17)16(11-24-28)22-21(26)15-10-13(4-2)6-8-18(15)30-31-22/h5-11,16,25-26,28H,3-4H2,1-2H3/b24-11+. The summed E-state index contributed by atoms with van der Waals surface area (Å²) >= 11 is 0. The topological polar surface area (TPSA) is 122 Å². The Morgan fingerprint density at radius 1 is 1.03 bits per heavy atom. The Morgan fingerprint density at radius 3 is 2.45 bits per heavy atom. The molecule has 0 amide bonds. The molecule has 3 aromatic rings. The van der Waals surface area contributed by atoms with Crippen LogP contribution in [0.25, 0.3) is 16.7 Å². The van der Waals surface area contributed by atoms with Crippen LogP contribution in [0.4, 0.5) is 0 Å². The first kappa shape index (κ1) is 20.3. The molecule has 1 unspecified atom stereocenters. The van der Waals surface area contributed by atoms with Crippen LogP contribution in [0, 0.1) is 0 Å². The number of rotatable bonds is 5. The maximum atomic E-state index is 12.7. The Balaban J connectivity index is 1.94. The maximum absolute atomic E-state index is 12.7. The van der Waals surface area contributed by atoms with E-state index < -0.39 is 11.5 Å². The van der Waals surface area contributed by atoms with Crippen LogP contribution in [0.15, 0.2) is 56.5 Å². The molecule has 31 heavy (non-hydrogen) atoms. The van der Waals surface area contributed by atoms with E-state index in [1.807, 2.05) is 19.9 Å². The first-order chi connectivity index (χ1) is 15.0. The van der Waals surface area contributed by atoms with E-state index in [-0.39, 0.29) is 28.4 Å². The minimum atomic E-state index is -1.27. The number of hydrogen-bond donors (Lipinski definition) is 3. The second-order valence-electron chi connectivity index (χ2n) is 7.14. The van der Waals surface area contributed by atoms with Gasteiger partial charge in [0.05, 0.1) is 22.7 Å². The number of aliphatic hydroxyl groups is 1. The molecule has 2 heterocycles. The zero-order valence-electron chi connectivity index (χ0n) is 17.0. The fourth-order valence-corrected chi connectivity index (χ4v) is 3.60. The largest absolute Gasteiger partial charge is 0.507 e. The highest BCUT2D eigenvalue weighted by atomic mass is 17.2. The average molecular weight is 423 g/mol. The van der Waals surface area contributed by atoms with Gasteiger partial charge < -0.3 is 19.8 Å². The molecular weight excluding hydrogens is 402 g/mol. The number of aliphatic hydroxyl groups excluding tert-OH is 1. The van der Waals surface area contributed by atoms with E-state index in [2.05, 4.69) is 5.16 Å². The minimum absolute atomic E-state index is 0.208. The third-order valence-corrected chi connectivity index (χ3v) is 5.36. The maximum Gasteiger partial charge on any atom is 0.344 e. The lowest BCUT2D eigenvalue weighted by Gasteiger charge is -2.23. The second kappa shape index (κ2) is 8.06. The van der Waals surface area contributed by atoms with Crippen molar-refractivity contribution < 1.29 is 29.6 Å². The first-order valence-electron chi connectivity index (χ1n) is 9.85. The number of fused-ring (bicyclic) bond motifs is 2. The van der Waals surface area contributed by atoms with E-state index in [1.165, 1.54) is 0 Å². The molecule has 0 bridgehead atoms. The van der Waals surface area contributed by atoms with Crippen LogP contribution in [0.5, 0.6) is 11.5 Å². The molecule has 1 aliphatic heterocycles. The third kappa shape index (κ3) is 3.46. The summed E-state index contributed by atoms with van der Waals surface area (Å²) in [6.45, 7) is 3.92. The van der Waals surface area contributed by atoms with Gasteiger partial charge in [0.1, 0.15) is 17.3 Å². The number of allylic oxidation sites excluding steroid dienone is 1. The van der Waals surface area contributed by atoms with Crippen LogP contribution in [0.2, 0.25) is 0 Å². The van der Waals surface area contributed by atoms with Crippen molar-refractivity contribution in [2.24, 2.45) is 5.16 Å². The summed E-state index contributed by atoms with van der Waals surface area (Å²) in [7, 11) is 0. The fourth-order valence-electron chi connectivity index (χ4n) is 3.60. The fraction of sp³-hybridized carbons (Fsp3) is 0.217. The van der Waals surface area contributed by atoms with E-state index in [0.29, 0.717) is 23.1 Å². The van der Waals surface area contributed by atoms with Gasteiger partial charge >= 0.3 is 5.63 Å². The molecule has 160 valence electrons. The van der Waals surface area contributed by atoms with Gasteiger partial charge in [-0.25, -0.2) is 4.79 Å². The van der Waals surface area contributed by atoms with E-state index in [4.69, 9.17) is 14.2 Å². The highest BCUT2D eigenvalue weighted by molar-refractivity contribution is 5.88. The van der Waals surface area contributed by atoms with Gasteiger partial charge in [0.2, 0.25) is 5.76 Å². The monoisotopic (exact) mass is 423 g/mol. The van der Waals surface area contributed by atoms with Crippen LogP contribution >= 0.6 is 0 Å². The van der Waals surface area contributed by atoms with Crippen molar-refractivity contribution in [2.75, 3.05) is 0 Å². The Morgan fingerprint density at radius 2 is 1.74 bits per heavy atom. The highest BCUT2D eigenvalue weighted by Gasteiger charge is 2.34. The van der Waals surface area contributed by atoms with Gasteiger partial charge in [0.15, 0.2) is 11.5 Å². The summed E-state index contributed by atoms with van der Waals surface area (Å²) in [5.74, 6) is -1.85. The molecule has 1 atom stereocenters. The summed E-state index contributed by atoms with van der Waals surface area (Å²) in [6, 6.07) is 10.3. The van der Waals surface area contributed by atoms with Crippen molar-refractivity contribution in [2.45, 2.75) is 32.6 Å². The SMILES string of the molecule is CCc1ccc2c(c1)C(O)=C(C(/C=N/O)c1c(O)c3cc(CC)ccc3oc1=O)OO2. The molecule has 0 radical (unpaired) electrons. The molecule has 0 fully saturated rings. The highest BCUT2D eigenvalue weighted by Crippen LogP contribution is 2.41. The zero-order chi connectivity index (χ0) is 22.1. The van der Waals surface area contributed by atoms with Crippen molar-refractivity contribution in [1.29, 1.82) is 0 Å². The molecule has 8 heteroatoms. The zero-order valence-corrected chi connectivity index (χ0v) is 17.0. The molecule has 0 saturated carbocycles. The lowest BCUT2D eigenvalue weighted by molar-refractivity contribution is -0.174. The summed E-state index contributed by atoms with van der Waals surface area (Å²) in [6.07, 6.45) is 2.39. The minimum Gasteiger partial charge on any atom is -0.507 e. The average Bonchev–Trinajstić information content (AvgIpc) is 2.78. The van der Waals surface area contributed by atoms with Crippen molar-refractivity contribution in [3.8, 4) is 11.5 Å². The smallest absolute Gasteiger partial charge is 0.344 e. The van der Waals surface area contributed by atoms with E-state index in [1.54, 1.807) is 30.3 Å². The van der Waals surface area contributed by atoms with Crippen LogP contribution in [0.1, 0.15) is 42.0 Å². The second-order valence-corrected chi connectivity index (χ2v) is 7.14. The van der Waals surface area contributed by atoms with Gasteiger partial charge in [-0.15, -0.1) is 5.16 Å². The molecule has 4 rings (SSSR count). The molecule has 1 aliphatic rings. The predicted octanol–water partition coefficient (Wildman–Crippen LogP) is 4.42. The third-order valence-electron chi connectivity index (χ3n) is 5.36. The van der Waals surface area contributed by atoms with Crippen LogP contribution in [0.3, 0.4) is 0 Å². The molecule has 2 aromatic carbocycles. The van der Waals surface area contributed by atoms with Crippen molar-refractivity contribution >= 4 is 22.9 Å². The lowest BCUT2D eigenvalue weighted by Crippen LogP contribution is -2.21. The number of aromatic hydroxyl groups is 1. The molecule has 0 spiro atoms. The number of aryl methyl sites for hydroxylation is 2. The van der Waals surface area contributed by atoms with E-state index in [9.17, 15) is 20.2 Å². The van der Waals surface area contributed by atoms with Crippen molar-refractivity contribution in [3.63, 3.8) is 0 Å². The molecule has 0 saturated heterocycles. The number of benzene rings is 2. The summed E-state index contributed by atoms with van der Waals surface area (Å²) < 4.78 is 5.37. The van der Waals surface area contributed by atoms with Crippen molar-refractivity contribution in [3.05, 3.63) is 74.8 Å². The lowest BCUT2D eigenvalue weighted by atomic mass is 9.94. The molecule has 8 nitrogen and oxygen atoms in total. The van der Waals surface area contributed by atoms with Gasteiger partial charge in [-0.3, -0.25) is 9.78 Å². The van der Waals surface area contributed by atoms with Crippen molar-refractivity contribution in [1.82, 2.24) is 0 Å². The number of hydrogen-bond acceptors (Lipinski definition) is 8. The van der Waals surface area contributed by atoms with Gasteiger partial charge in [-0.05, 0) is 48.2 Å². The first-order valence-corrected chi connectivity index (χ1v) is 9.85. The number of nitrogens with zero attached hydrogens (tertiary/aromatic N) is 1. The van der Waals surface area contributed by atoms with Gasteiger partial charge in [0.25, 0.3) is 0 Å². The molecule has 0 aliphatic carbocycles. The Labute approximate surface area is 177 Å². The predicted molar refractivity (Wildman–Crippen MR) is 114 cm³/mol. The molecule has 3 N–H and O–H groups in total. The molecule has 1 aromatic heterocycles. The summed E-state index contributed by atoms with van der Waals surface area (Å²) in [4.78, 5) is 23.3. The van der Waals surface area contributed by atoms with E-state index >= 15 is 0 Å². The van der Waals surface area contributed by atoms with Crippen LogP contribution in [-0.4, -0.2) is 21.6 Å². The Hall–Kier alpha value is -3.94. The van der Waals surface area contributed by atoms with Crippen LogP contribution < -0.4 is 10.5 Å². The summed E-state index contributed by atoms with van der Waals surface area (Å²) in [5.41, 5.74) is 1.32. The van der Waals surface area contributed by atoms with Gasteiger partial charge in [-0.2, -0.15) is 0 Å². The Kier molecular flexibility index (Phi) is 5.29. The molecular formula is C23H21NO7. The Bertz CT molecular complexity index is 1270. The van der Waals surface area contributed by atoms with E-state index in [0.717, 1.165) is 23.8 Å². The normalized spacial score (nSPS) is 14.4.